The maximum Gasteiger partial charge on any atom is 0.330 e. The number of hydrogen-bond acceptors (Lipinski definition) is 12. The van der Waals surface area contributed by atoms with Crippen molar-refractivity contribution in [2.24, 2.45) is 46.3 Å². The molecule has 0 bridgehead atoms. The topological polar surface area (TPSA) is 195 Å². The average molecular weight is 1190 g/mol. The predicted molar refractivity (Wildman–Crippen MR) is 331 cm³/mol. The Hall–Kier alpha value is -5.66. The minimum Gasteiger partial charge on any atom is -0.497 e. The molecule has 0 spiro atoms. The van der Waals surface area contributed by atoms with Crippen LogP contribution in [-0.4, -0.2) is 90.9 Å². The Morgan fingerprint density at radius 3 is 2.15 bits per heavy atom. The van der Waals surface area contributed by atoms with Gasteiger partial charge in [-0.1, -0.05) is 88.2 Å². The van der Waals surface area contributed by atoms with E-state index < -0.39 is 49.7 Å². The number of methoxy groups -OCH3 is 2. The Balaban J connectivity index is 0.865. The van der Waals surface area contributed by atoms with Crippen LogP contribution in [0.4, 0.5) is 0 Å². The van der Waals surface area contributed by atoms with Crippen molar-refractivity contribution in [1.82, 2.24) is 24.9 Å². The highest BCUT2D eigenvalue weighted by atomic mass is 31.2. The summed E-state index contributed by atoms with van der Waals surface area (Å²) in [5.41, 5.74) is 0.775. The van der Waals surface area contributed by atoms with Crippen molar-refractivity contribution >= 4 is 26.4 Å². The van der Waals surface area contributed by atoms with Crippen molar-refractivity contribution in [2.45, 2.75) is 174 Å². The summed E-state index contributed by atoms with van der Waals surface area (Å²) in [4.78, 5) is 56.2. The Labute approximate surface area is 505 Å². The third-order valence-corrected chi connectivity index (χ3v) is 22.5. The van der Waals surface area contributed by atoms with E-state index >= 15 is 0 Å². The molecule has 2 unspecified atom stereocenters. The molecule has 2 amide bonds. The minimum absolute atomic E-state index is 0.00397. The molecule has 3 aromatic carbocycles. The van der Waals surface area contributed by atoms with E-state index in [2.05, 4.69) is 74.8 Å². The van der Waals surface area contributed by atoms with Crippen molar-refractivity contribution in [3.63, 3.8) is 0 Å². The lowest BCUT2D eigenvalue weighted by molar-refractivity contribution is -0.122. The quantitative estimate of drug-likeness (QED) is 0.0233. The molecule has 1 saturated heterocycles. The van der Waals surface area contributed by atoms with E-state index in [1.165, 1.54) is 87.1 Å². The monoisotopic (exact) mass is 1180 g/mol. The van der Waals surface area contributed by atoms with Crippen molar-refractivity contribution in [1.29, 1.82) is 5.26 Å². The third-order valence-electron chi connectivity index (χ3n) is 20.3. The third kappa shape index (κ3) is 14.0. The van der Waals surface area contributed by atoms with E-state index in [-0.39, 0.29) is 62.7 Å². The second kappa shape index (κ2) is 28.4. The van der Waals surface area contributed by atoms with Gasteiger partial charge in [0, 0.05) is 50.3 Å². The molecular weight excluding hydrogens is 1090 g/mol. The summed E-state index contributed by atoms with van der Waals surface area (Å²) in [6.45, 7) is 16.4. The number of aromatic amines is 1. The number of carbonyl (C=O) groups excluding carboxylic acids is 2. The van der Waals surface area contributed by atoms with Gasteiger partial charge < -0.3 is 38.6 Å². The van der Waals surface area contributed by atoms with Crippen molar-refractivity contribution in [3.8, 4) is 17.6 Å². The Kier molecular flexibility index (Phi) is 21.4. The van der Waals surface area contributed by atoms with Gasteiger partial charge in [-0.15, -0.1) is 0 Å². The number of nitriles is 1. The van der Waals surface area contributed by atoms with Crippen LogP contribution in [-0.2, 0) is 33.7 Å². The summed E-state index contributed by atoms with van der Waals surface area (Å²) in [6.07, 6.45) is 16.9. The molecule has 0 radical (unpaired) electrons. The van der Waals surface area contributed by atoms with E-state index in [4.69, 9.17) is 28.0 Å². The van der Waals surface area contributed by atoms with Crippen LogP contribution in [0.1, 0.15) is 167 Å². The highest BCUT2D eigenvalue weighted by molar-refractivity contribution is 7.44. The predicted octanol–water partition coefficient (Wildman–Crippen LogP) is 12.2. The summed E-state index contributed by atoms with van der Waals surface area (Å²) >= 11 is 0. The number of H-pyrrole nitrogens is 1. The number of hydrogen-bond donors (Lipinski definition) is 3. The summed E-state index contributed by atoms with van der Waals surface area (Å²) < 4.78 is 42.2. The van der Waals surface area contributed by atoms with Crippen LogP contribution >= 0.6 is 8.53 Å². The SMILES string of the molecule is COc1ccc(C(OC[C@H]2O[C@@H](n3cc(/C=C/C(=O)NCCNC(=O)CC[C@@H](C)[C@H]4CC[C@H]5[C@@H]6CC[C@@H]7CCCC[C@]7(C)[C@H]6CC[C@]45C)c(=O)[nH]c3=O)CC2OP(OCCC#N)N(C(C)C)C(C)C)(c2ccccc2)c2ccc(OC)cc2)cc1. The first kappa shape index (κ1) is 63.8. The molecule has 4 saturated carbocycles. The number of nitrogens with zero attached hydrogens (tertiary/aromatic N) is 3. The van der Waals surface area contributed by atoms with Gasteiger partial charge in [0.2, 0.25) is 11.8 Å². The van der Waals surface area contributed by atoms with Gasteiger partial charge in [0.15, 0.2) is 0 Å². The molecule has 16 nitrogen and oxygen atoms in total. The molecule has 85 heavy (non-hydrogen) atoms. The summed E-state index contributed by atoms with van der Waals surface area (Å²) in [5.74, 6) is 5.45. The fourth-order valence-corrected chi connectivity index (χ4v) is 17.9. The van der Waals surface area contributed by atoms with Crippen LogP contribution in [0.2, 0.25) is 0 Å². The zero-order valence-electron chi connectivity index (χ0n) is 51.7. The second-order valence-corrected chi connectivity index (χ2v) is 27.1. The summed E-state index contributed by atoms with van der Waals surface area (Å²) in [5, 5.41) is 15.3. The molecule has 1 aromatic heterocycles. The van der Waals surface area contributed by atoms with Gasteiger partial charge in [0.05, 0.1) is 51.6 Å². The van der Waals surface area contributed by atoms with Crippen molar-refractivity contribution in [2.75, 3.05) is 40.5 Å². The number of ether oxygens (including phenoxy) is 4. The maximum atomic E-state index is 13.9. The van der Waals surface area contributed by atoms with Crippen LogP contribution in [0, 0.1) is 57.7 Å². The normalized spacial score (nSPS) is 27.2. The molecule has 5 fully saturated rings. The molecule has 9 rings (SSSR count). The van der Waals surface area contributed by atoms with Crippen molar-refractivity contribution < 1.29 is 37.6 Å². The van der Waals surface area contributed by atoms with E-state index in [1.54, 1.807) is 14.2 Å². The first-order valence-corrected chi connectivity index (χ1v) is 32.5. The highest BCUT2D eigenvalue weighted by Crippen LogP contribution is 2.68. The van der Waals surface area contributed by atoms with Crippen LogP contribution in [0.25, 0.3) is 6.08 Å². The zero-order chi connectivity index (χ0) is 60.5. The Bertz CT molecular complexity index is 3000. The number of aromatic nitrogens is 2. The first-order valence-electron chi connectivity index (χ1n) is 31.4. The lowest BCUT2D eigenvalue weighted by atomic mass is 9.44. The number of fused-ring (bicyclic) bond motifs is 5. The van der Waals surface area contributed by atoms with Crippen molar-refractivity contribution in [3.05, 3.63) is 134 Å². The number of carbonyl (C=O) groups is 2. The molecule has 4 aromatic rings. The first-order chi connectivity index (χ1) is 40.9. The lowest BCUT2D eigenvalue weighted by Crippen LogP contribution is -2.53. The summed E-state index contributed by atoms with van der Waals surface area (Å²) in [7, 11) is 1.45. The summed E-state index contributed by atoms with van der Waals surface area (Å²) in [6, 6.07) is 27.5. The Morgan fingerprint density at radius 1 is 0.835 bits per heavy atom. The van der Waals surface area contributed by atoms with Gasteiger partial charge in [-0.2, -0.15) is 5.26 Å². The minimum atomic E-state index is -1.79. The number of rotatable bonds is 26. The molecule has 12 atom stereocenters. The van der Waals surface area contributed by atoms with Gasteiger partial charge in [0.1, 0.15) is 29.4 Å². The van der Waals surface area contributed by atoms with Gasteiger partial charge in [0.25, 0.3) is 14.1 Å². The van der Waals surface area contributed by atoms with Gasteiger partial charge in [-0.05, 0) is 179 Å². The highest BCUT2D eigenvalue weighted by Gasteiger charge is 2.60. The van der Waals surface area contributed by atoms with Crippen LogP contribution in [0.3, 0.4) is 0 Å². The molecule has 460 valence electrons. The smallest absolute Gasteiger partial charge is 0.330 e. The van der Waals surface area contributed by atoms with Crippen LogP contribution in [0.15, 0.2) is 101 Å². The number of amides is 2. The standard InChI is InChI=1S/C68H93N6O10P/c1-45(2)74(46(3)4)85(82-41-15-38-69)84-59-42-63(83-60(59)44-81-68(50-17-11-10-12-18-50,51-21-26-53(79-8)27-22-51)52-23-28-54(80-9)29-24-52)73-43-48(64(77)72-65(73)78)20-34-62(76)71-40-39-70-61(75)33-19-47(5)56-31-32-57-55-30-25-49-16-13-14-36-66(49,6)58(55)35-37-67(56,57)7/h10-12,17-18,20-24,26-29,34,43,45-47,49,55-60,63H,13-16,19,25,30-33,35-37,39-42,44H2,1-9H3,(H,70,75)(H,71,76)(H,72,77,78)/b34-20+/t47-,49+,55+,56-,57+,58+,59?,60-,63-,66+,67-,85?/m1/s1. The maximum absolute atomic E-state index is 13.9. The second-order valence-electron chi connectivity index (χ2n) is 25.7. The zero-order valence-corrected chi connectivity index (χ0v) is 52.6. The number of nitrogens with one attached hydrogen (secondary N) is 3. The molecule has 1 aliphatic heterocycles. The molecule has 4 aliphatic carbocycles. The molecule has 5 aliphatic rings. The molecule has 3 N–H and O–H groups in total. The van der Waals surface area contributed by atoms with Crippen LogP contribution < -0.4 is 31.4 Å². The molecule has 2 heterocycles. The fraction of sp³-hybridized carbons (Fsp3) is 0.603. The van der Waals surface area contributed by atoms with Gasteiger partial charge in [-0.25, -0.2) is 9.46 Å². The van der Waals surface area contributed by atoms with E-state index in [1.807, 2.05) is 78.9 Å². The number of benzene rings is 3. The molecular formula is C68H93N6O10P. The fourth-order valence-electron chi connectivity index (χ4n) is 16.2. The Morgan fingerprint density at radius 2 is 1.49 bits per heavy atom. The van der Waals surface area contributed by atoms with E-state index in [9.17, 15) is 24.4 Å². The molecule has 17 heteroatoms. The van der Waals surface area contributed by atoms with E-state index in [0.717, 1.165) is 46.8 Å². The van der Waals surface area contributed by atoms with E-state index in [0.29, 0.717) is 40.6 Å². The van der Waals surface area contributed by atoms with Crippen LogP contribution in [0.5, 0.6) is 11.5 Å². The largest absolute Gasteiger partial charge is 0.497 e. The lowest BCUT2D eigenvalue weighted by Gasteiger charge is -2.61. The average Bonchev–Trinajstić information content (AvgIpc) is 2.03. The van der Waals surface area contributed by atoms with Gasteiger partial charge in [-0.3, -0.25) is 23.9 Å². The van der Waals surface area contributed by atoms with Gasteiger partial charge >= 0.3 is 5.69 Å².